The summed E-state index contributed by atoms with van der Waals surface area (Å²) >= 11 is 0. The quantitative estimate of drug-likeness (QED) is 0.421. The topological polar surface area (TPSA) is 93.2 Å². The van der Waals surface area contributed by atoms with Crippen molar-refractivity contribution in [2.24, 2.45) is 0 Å². The monoisotopic (exact) mass is 274 g/mol. The van der Waals surface area contributed by atoms with Gasteiger partial charge in [0.2, 0.25) is 0 Å². The lowest BCUT2D eigenvalue weighted by Gasteiger charge is -2.07. The number of hydrogen-bond acceptors (Lipinski definition) is 4. The second-order valence-corrected chi connectivity index (χ2v) is 4.54. The van der Waals surface area contributed by atoms with Crippen molar-refractivity contribution in [1.29, 1.82) is 0 Å². The van der Waals surface area contributed by atoms with Crippen molar-refractivity contribution in [2.75, 3.05) is 12.3 Å². The Morgan fingerprint density at radius 1 is 1.40 bits per heavy atom. The summed E-state index contributed by atoms with van der Waals surface area (Å²) in [6.45, 7) is 1.48. The fraction of sp³-hybridized carbons (Fsp3) is 0.286. The van der Waals surface area contributed by atoms with Crippen molar-refractivity contribution >= 4 is 11.6 Å². The van der Waals surface area contributed by atoms with Gasteiger partial charge in [-0.25, -0.2) is 4.98 Å². The number of imidazole rings is 1. The summed E-state index contributed by atoms with van der Waals surface area (Å²) in [6, 6.07) is 4.48. The van der Waals surface area contributed by atoms with Crippen LogP contribution in [0.2, 0.25) is 0 Å². The Morgan fingerprint density at radius 3 is 2.95 bits per heavy atom. The van der Waals surface area contributed by atoms with E-state index in [0.29, 0.717) is 12.1 Å². The van der Waals surface area contributed by atoms with Crippen LogP contribution < -0.4 is 11.1 Å². The van der Waals surface area contributed by atoms with E-state index in [1.54, 1.807) is 18.6 Å². The Labute approximate surface area is 117 Å². The van der Waals surface area contributed by atoms with Gasteiger partial charge in [-0.1, -0.05) is 0 Å². The Bertz CT molecular complexity index is 567. The van der Waals surface area contributed by atoms with Crippen LogP contribution in [0, 0.1) is 0 Å². The third kappa shape index (κ3) is 3.74. The number of hydrogen-bond donors (Lipinski definition) is 3. The molecule has 0 radical (unpaired) electrons. The largest absolute Gasteiger partial charge is 0.506 e. The fourth-order valence-corrected chi connectivity index (χ4v) is 1.83. The highest BCUT2D eigenvalue weighted by Gasteiger charge is 2.07. The number of carbonyl (C=O) groups excluding carboxylic acids is 1. The molecule has 1 heterocycles. The summed E-state index contributed by atoms with van der Waals surface area (Å²) in [4.78, 5) is 15.8. The van der Waals surface area contributed by atoms with E-state index >= 15 is 0 Å². The van der Waals surface area contributed by atoms with E-state index in [9.17, 15) is 9.90 Å². The van der Waals surface area contributed by atoms with Crippen LogP contribution in [0.3, 0.4) is 0 Å². The number of unbranched alkanes of at least 4 members (excludes halogenated alkanes) is 1. The van der Waals surface area contributed by atoms with Gasteiger partial charge in [0.1, 0.15) is 5.75 Å². The third-order valence-electron chi connectivity index (χ3n) is 2.98. The second-order valence-electron chi connectivity index (χ2n) is 4.54. The molecule has 4 N–H and O–H groups in total. The van der Waals surface area contributed by atoms with Crippen LogP contribution in [0.4, 0.5) is 5.69 Å². The summed E-state index contributed by atoms with van der Waals surface area (Å²) < 4.78 is 2.00. The zero-order valence-electron chi connectivity index (χ0n) is 11.1. The maximum Gasteiger partial charge on any atom is 0.251 e. The summed E-state index contributed by atoms with van der Waals surface area (Å²) in [5, 5.41) is 12.3. The molecule has 0 saturated heterocycles. The highest BCUT2D eigenvalue weighted by Crippen LogP contribution is 2.20. The number of phenols is 1. The SMILES string of the molecule is Nc1ccc(C(=O)NCCCCn2ccnc2)cc1O. The smallest absolute Gasteiger partial charge is 0.251 e. The van der Waals surface area contributed by atoms with Gasteiger partial charge < -0.3 is 20.7 Å². The van der Waals surface area contributed by atoms with E-state index in [2.05, 4.69) is 10.3 Å². The van der Waals surface area contributed by atoms with Crippen LogP contribution in [0.25, 0.3) is 0 Å². The minimum absolute atomic E-state index is 0.0715. The molecule has 106 valence electrons. The first-order valence-corrected chi connectivity index (χ1v) is 6.49. The first-order chi connectivity index (χ1) is 9.66. The molecule has 1 amide bonds. The summed E-state index contributed by atoms with van der Waals surface area (Å²) in [7, 11) is 0. The van der Waals surface area contributed by atoms with Crippen LogP contribution in [0.15, 0.2) is 36.9 Å². The number of nitrogen functional groups attached to an aromatic ring is 1. The van der Waals surface area contributed by atoms with Gasteiger partial charge >= 0.3 is 0 Å². The predicted molar refractivity (Wildman–Crippen MR) is 76.3 cm³/mol. The molecule has 20 heavy (non-hydrogen) atoms. The Hall–Kier alpha value is -2.50. The molecule has 0 aliphatic carbocycles. The van der Waals surface area contributed by atoms with Crippen molar-refractivity contribution < 1.29 is 9.90 Å². The first kappa shape index (κ1) is 13.9. The van der Waals surface area contributed by atoms with E-state index in [1.807, 2.05) is 10.8 Å². The molecule has 0 spiro atoms. The van der Waals surface area contributed by atoms with Crippen molar-refractivity contribution in [1.82, 2.24) is 14.9 Å². The molecule has 1 aromatic heterocycles. The number of nitrogens with zero attached hydrogens (tertiary/aromatic N) is 2. The minimum atomic E-state index is -0.206. The lowest BCUT2D eigenvalue weighted by Crippen LogP contribution is -2.24. The molecule has 6 heteroatoms. The Morgan fingerprint density at radius 2 is 2.25 bits per heavy atom. The van der Waals surface area contributed by atoms with Crippen LogP contribution in [-0.4, -0.2) is 27.1 Å². The van der Waals surface area contributed by atoms with Crippen molar-refractivity contribution in [3.63, 3.8) is 0 Å². The van der Waals surface area contributed by atoms with E-state index in [-0.39, 0.29) is 17.3 Å². The van der Waals surface area contributed by atoms with Crippen LogP contribution in [0.5, 0.6) is 5.75 Å². The summed E-state index contributed by atoms with van der Waals surface area (Å²) in [6.07, 6.45) is 7.27. The number of aromatic nitrogens is 2. The number of nitrogens with two attached hydrogens (primary N) is 1. The Kier molecular flexibility index (Phi) is 4.60. The van der Waals surface area contributed by atoms with Gasteiger partial charge in [0.05, 0.1) is 12.0 Å². The molecule has 0 bridgehead atoms. The van der Waals surface area contributed by atoms with Gasteiger partial charge in [-0.15, -0.1) is 0 Å². The minimum Gasteiger partial charge on any atom is -0.506 e. The number of carbonyl (C=O) groups is 1. The number of rotatable bonds is 6. The molecule has 6 nitrogen and oxygen atoms in total. The number of amides is 1. The second kappa shape index (κ2) is 6.60. The number of phenolic OH excluding ortho intramolecular Hbond substituents is 1. The highest BCUT2D eigenvalue weighted by molar-refractivity contribution is 5.95. The molecular formula is C14H18N4O2. The summed E-state index contributed by atoms with van der Waals surface area (Å²) in [5.74, 6) is -0.277. The van der Waals surface area contributed by atoms with Gasteiger partial charge in [-0.3, -0.25) is 4.79 Å². The van der Waals surface area contributed by atoms with Gasteiger partial charge in [-0.05, 0) is 31.0 Å². The zero-order chi connectivity index (χ0) is 14.4. The maximum absolute atomic E-state index is 11.8. The third-order valence-corrected chi connectivity index (χ3v) is 2.98. The Balaban J connectivity index is 1.70. The number of anilines is 1. The number of aromatic hydroxyl groups is 1. The molecule has 0 atom stereocenters. The molecule has 2 rings (SSSR count). The molecule has 1 aromatic carbocycles. The number of nitrogens with one attached hydrogen (secondary N) is 1. The van der Waals surface area contributed by atoms with Crippen LogP contribution in [0.1, 0.15) is 23.2 Å². The van der Waals surface area contributed by atoms with Gasteiger partial charge in [0.15, 0.2) is 0 Å². The fourth-order valence-electron chi connectivity index (χ4n) is 1.83. The van der Waals surface area contributed by atoms with Crippen molar-refractivity contribution in [3.8, 4) is 5.75 Å². The number of aryl methyl sites for hydroxylation is 1. The van der Waals surface area contributed by atoms with Gasteiger partial charge in [-0.2, -0.15) is 0 Å². The number of benzene rings is 1. The maximum atomic E-state index is 11.8. The van der Waals surface area contributed by atoms with E-state index in [4.69, 9.17) is 5.73 Å². The first-order valence-electron chi connectivity index (χ1n) is 6.49. The lowest BCUT2D eigenvalue weighted by atomic mass is 10.1. The molecule has 2 aromatic rings. The lowest BCUT2D eigenvalue weighted by molar-refractivity contribution is 0.0952. The molecule has 0 aliphatic rings. The van der Waals surface area contributed by atoms with Gasteiger partial charge in [0, 0.05) is 31.0 Å². The molecule has 0 unspecified atom stereocenters. The molecule has 0 aliphatic heterocycles. The van der Waals surface area contributed by atoms with Gasteiger partial charge in [0.25, 0.3) is 5.91 Å². The highest BCUT2D eigenvalue weighted by atomic mass is 16.3. The zero-order valence-corrected chi connectivity index (χ0v) is 11.1. The average Bonchev–Trinajstić information content (AvgIpc) is 2.94. The van der Waals surface area contributed by atoms with Crippen molar-refractivity contribution in [2.45, 2.75) is 19.4 Å². The van der Waals surface area contributed by atoms with E-state index in [1.165, 1.54) is 12.1 Å². The van der Waals surface area contributed by atoms with Crippen LogP contribution in [-0.2, 0) is 6.54 Å². The van der Waals surface area contributed by atoms with Crippen molar-refractivity contribution in [3.05, 3.63) is 42.5 Å². The molecule has 0 fully saturated rings. The normalized spacial score (nSPS) is 10.4. The van der Waals surface area contributed by atoms with Crippen LogP contribution >= 0.6 is 0 Å². The average molecular weight is 274 g/mol. The molecule has 0 saturated carbocycles. The summed E-state index contributed by atoms with van der Waals surface area (Å²) in [5.41, 5.74) is 6.16. The van der Waals surface area contributed by atoms with E-state index < -0.39 is 0 Å². The molecular weight excluding hydrogens is 256 g/mol. The predicted octanol–water partition coefficient (Wildman–Crippen LogP) is 1.38. The van der Waals surface area contributed by atoms with E-state index in [0.717, 1.165) is 19.4 Å². The standard InChI is InChI=1S/C14H18N4O2/c15-12-4-3-11(9-13(12)19)14(20)17-5-1-2-7-18-8-6-16-10-18/h3-4,6,8-10,19H,1-2,5,7,15H2,(H,17,20).